The molecule has 0 aliphatic heterocycles. The van der Waals surface area contributed by atoms with E-state index in [4.69, 9.17) is 4.42 Å². The third-order valence-electron chi connectivity index (χ3n) is 2.60. The van der Waals surface area contributed by atoms with E-state index in [9.17, 15) is 0 Å². The summed E-state index contributed by atoms with van der Waals surface area (Å²) in [4.78, 5) is 0. The van der Waals surface area contributed by atoms with Crippen LogP contribution in [0.4, 0.5) is 0 Å². The lowest BCUT2D eigenvalue weighted by atomic mass is 10.1. The second-order valence-corrected chi connectivity index (χ2v) is 4.50. The predicted octanol–water partition coefficient (Wildman–Crippen LogP) is 3.87. The highest BCUT2D eigenvalue weighted by Crippen LogP contribution is 2.27. The van der Waals surface area contributed by atoms with Gasteiger partial charge in [0.05, 0.1) is 6.04 Å². The highest BCUT2D eigenvalue weighted by molar-refractivity contribution is 9.10. The topological polar surface area (TPSA) is 25.2 Å². The molecular weight excluding hydrogens is 254 g/mol. The first-order valence-corrected chi connectivity index (χ1v) is 5.90. The zero-order valence-corrected chi connectivity index (χ0v) is 10.5. The minimum atomic E-state index is 0.302. The minimum Gasteiger partial charge on any atom is -0.459 e. The van der Waals surface area contributed by atoms with E-state index in [1.807, 2.05) is 19.2 Å². The predicted molar refractivity (Wildman–Crippen MR) is 66.0 cm³/mol. The SMILES string of the molecule is CCC(NC)c1cc2cc(Br)ccc2o1. The number of fused-ring (bicyclic) bond motifs is 1. The van der Waals surface area contributed by atoms with Crippen LogP contribution < -0.4 is 5.32 Å². The van der Waals surface area contributed by atoms with Gasteiger partial charge in [-0.15, -0.1) is 0 Å². The fraction of sp³-hybridized carbons (Fsp3) is 0.333. The largest absolute Gasteiger partial charge is 0.459 e. The van der Waals surface area contributed by atoms with Crippen molar-refractivity contribution in [1.82, 2.24) is 5.32 Å². The number of hydrogen-bond acceptors (Lipinski definition) is 2. The summed E-state index contributed by atoms with van der Waals surface area (Å²) in [5.41, 5.74) is 0.946. The Kier molecular flexibility index (Phi) is 3.12. The molecule has 2 nitrogen and oxygen atoms in total. The lowest BCUT2D eigenvalue weighted by Gasteiger charge is -2.09. The van der Waals surface area contributed by atoms with Gasteiger partial charge in [-0.3, -0.25) is 0 Å². The molecule has 1 aromatic heterocycles. The summed E-state index contributed by atoms with van der Waals surface area (Å²) in [6.07, 6.45) is 1.03. The molecule has 1 heterocycles. The zero-order valence-electron chi connectivity index (χ0n) is 8.88. The minimum absolute atomic E-state index is 0.302. The van der Waals surface area contributed by atoms with Gasteiger partial charge in [0, 0.05) is 9.86 Å². The van der Waals surface area contributed by atoms with Crippen LogP contribution in [0.3, 0.4) is 0 Å². The van der Waals surface area contributed by atoms with Gasteiger partial charge in [-0.05, 0) is 37.7 Å². The van der Waals surface area contributed by atoms with Crippen LogP contribution in [-0.2, 0) is 0 Å². The van der Waals surface area contributed by atoms with Crippen LogP contribution in [0.15, 0.2) is 33.2 Å². The average molecular weight is 268 g/mol. The molecule has 0 saturated carbocycles. The van der Waals surface area contributed by atoms with Gasteiger partial charge in [-0.25, -0.2) is 0 Å². The van der Waals surface area contributed by atoms with Crippen molar-refractivity contribution in [3.63, 3.8) is 0 Å². The molecule has 0 aliphatic carbocycles. The van der Waals surface area contributed by atoms with E-state index in [-0.39, 0.29) is 0 Å². The smallest absolute Gasteiger partial charge is 0.134 e. The molecule has 0 spiro atoms. The van der Waals surface area contributed by atoms with Gasteiger partial charge in [0.2, 0.25) is 0 Å². The summed E-state index contributed by atoms with van der Waals surface area (Å²) in [6.45, 7) is 2.14. The number of furan rings is 1. The first-order chi connectivity index (χ1) is 7.24. The van der Waals surface area contributed by atoms with Crippen LogP contribution in [0.5, 0.6) is 0 Å². The molecule has 0 aliphatic rings. The Morgan fingerprint density at radius 3 is 2.87 bits per heavy atom. The Balaban J connectivity index is 2.46. The highest BCUT2D eigenvalue weighted by Gasteiger charge is 2.12. The Labute approximate surface area is 97.8 Å². The van der Waals surface area contributed by atoms with Gasteiger partial charge in [-0.1, -0.05) is 22.9 Å². The van der Waals surface area contributed by atoms with Crippen LogP contribution in [-0.4, -0.2) is 7.05 Å². The maximum Gasteiger partial charge on any atom is 0.134 e. The molecule has 2 rings (SSSR count). The molecule has 0 fully saturated rings. The number of benzene rings is 1. The second-order valence-electron chi connectivity index (χ2n) is 3.58. The Morgan fingerprint density at radius 1 is 1.40 bits per heavy atom. The number of rotatable bonds is 3. The first-order valence-electron chi connectivity index (χ1n) is 5.11. The van der Waals surface area contributed by atoms with Crippen molar-refractivity contribution in [2.75, 3.05) is 7.05 Å². The van der Waals surface area contributed by atoms with Crippen LogP contribution in [0.2, 0.25) is 0 Å². The van der Waals surface area contributed by atoms with Crippen molar-refractivity contribution < 1.29 is 4.42 Å². The fourth-order valence-corrected chi connectivity index (χ4v) is 2.13. The van der Waals surface area contributed by atoms with Crippen LogP contribution in [0, 0.1) is 0 Å². The van der Waals surface area contributed by atoms with Crippen molar-refractivity contribution in [3.8, 4) is 0 Å². The Hall–Kier alpha value is -0.800. The Bertz CT molecular complexity index is 460. The number of hydrogen-bond donors (Lipinski definition) is 1. The molecule has 1 atom stereocenters. The van der Waals surface area contributed by atoms with E-state index < -0.39 is 0 Å². The summed E-state index contributed by atoms with van der Waals surface area (Å²) in [7, 11) is 1.96. The molecule has 0 amide bonds. The van der Waals surface area contributed by atoms with E-state index in [0.29, 0.717) is 6.04 Å². The van der Waals surface area contributed by atoms with E-state index in [0.717, 1.165) is 27.6 Å². The number of halogens is 1. The van der Waals surface area contributed by atoms with Crippen LogP contribution in [0.1, 0.15) is 25.1 Å². The molecule has 15 heavy (non-hydrogen) atoms. The second kappa shape index (κ2) is 4.37. The van der Waals surface area contributed by atoms with Gasteiger partial charge in [-0.2, -0.15) is 0 Å². The molecule has 2 aromatic rings. The maximum absolute atomic E-state index is 5.78. The van der Waals surface area contributed by atoms with Crippen molar-refractivity contribution in [2.24, 2.45) is 0 Å². The first kappa shape index (κ1) is 10.7. The van der Waals surface area contributed by atoms with E-state index in [2.05, 4.69) is 40.3 Å². The van der Waals surface area contributed by atoms with Crippen molar-refractivity contribution >= 4 is 26.9 Å². The summed E-state index contributed by atoms with van der Waals surface area (Å²) >= 11 is 3.46. The standard InChI is InChI=1S/C12H14BrNO/c1-3-10(14-2)12-7-8-6-9(13)4-5-11(8)15-12/h4-7,10,14H,3H2,1-2H3. The van der Waals surface area contributed by atoms with Crippen LogP contribution >= 0.6 is 15.9 Å². The zero-order chi connectivity index (χ0) is 10.8. The summed E-state index contributed by atoms with van der Waals surface area (Å²) in [6, 6.07) is 8.47. The molecule has 80 valence electrons. The van der Waals surface area contributed by atoms with E-state index >= 15 is 0 Å². The summed E-state index contributed by atoms with van der Waals surface area (Å²) in [5, 5.41) is 4.38. The molecule has 0 saturated heterocycles. The van der Waals surface area contributed by atoms with Crippen molar-refractivity contribution in [3.05, 3.63) is 34.5 Å². The molecule has 0 bridgehead atoms. The monoisotopic (exact) mass is 267 g/mol. The molecule has 1 aromatic carbocycles. The Morgan fingerprint density at radius 2 is 2.20 bits per heavy atom. The van der Waals surface area contributed by atoms with Crippen LogP contribution in [0.25, 0.3) is 11.0 Å². The lowest BCUT2D eigenvalue weighted by molar-refractivity contribution is 0.444. The van der Waals surface area contributed by atoms with Gasteiger partial charge in [0.15, 0.2) is 0 Å². The van der Waals surface area contributed by atoms with Gasteiger partial charge in [0.25, 0.3) is 0 Å². The molecule has 3 heteroatoms. The van der Waals surface area contributed by atoms with Crippen molar-refractivity contribution in [2.45, 2.75) is 19.4 Å². The highest BCUT2D eigenvalue weighted by atomic mass is 79.9. The normalized spacial score (nSPS) is 13.3. The maximum atomic E-state index is 5.78. The average Bonchev–Trinajstić information content (AvgIpc) is 2.62. The van der Waals surface area contributed by atoms with E-state index in [1.54, 1.807) is 0 Å². The number of nitrogens with one attached hydrogen (secondary N) is 1. The quantitative estimate of drug-likeness (QED) is 0.914. The molecule has 1 N–H and O–H groups in total. The van der Waals surface area contributed by atoms with E-state index in [1.165, 1.54) is 0 Å². The fourth-order valence-electron chi connectivity index (χ4n) is 1.75. The molecule has 0 radical (unpaired) electrons. The summed E-state index contributed by atoms with van der Waals surface area (Å²) in [5.74, 6) is 1.01. The van der Waals surface area contributed by atoms with Crippen molar-refractivity contribution in [1.29, 1.82) is 0 Å². The van der Waals surface area contributed by atoms with Gasteiger partial charge in [0.1, 0.15) is 11.3 Å². The third-order valence-corrected chi connectivity index (χ3v) is 3.09. The molecule has 1 unspecified atom stereocenters. The third kappa shape index (κ3) is 2.08. The van der Waals surface area contributed by atoms with Gasteiger partial charge < -0.3 is 9.73 Å². The molecular formula is C12H14BrNO. The summed E-state index contributed by atoms with van der Waals surface area (Å²) < 4.78 is 6.87. The lowest BCUT2D eigenvalue weighted by Crippen LogP contribution is -2.14. The van der Waals surface area contributed by atoms with Gasteiger partial charge >= 0.3 is 0 Å².